The predicted molar refractivity (Wildman–Crippen MR) is 57.5 cm³/mol. The lowest BCUT2D eigenvalue weighted by atomic mass is 10.1. The van der Waals surface area contributed by atoms with Gasteiger partial charge in [0.2, 0.25) is 0 Å². The number of carbonyl (C=O) groups is 1. The average Bonchev–Trinajstić information content (AvgIpc) is 2.18. The maximum atomic E-state index is 10.8. The highest BCUT2D eigenvalue weighted by atomic mass is 16.5. The van der Waals surface area contributed by atoms with Crippen molar-refractivity contribution in [2.24, 2.45) is 5.92 Å². The minimum atomic E-state index is -0.902. The van der Waals surface area contributed by atoms with Crippen molar-refractivity contribution < 1.29 is 14.6 Å². The Morgan fingerprint density at radius 3 is 2.40 bits per heavy atom. The summed E-state index contributed by atoms with van der Waals surface area (Å²) in [6, 6.07) is 9.56. The maximum absolute atomic E-state index is 10.8. The molecule has 0 aliphatic carbocycles. The molecule has 1 aromatic rings. The van der Waals surface area contributed by atoms with E-state index >= 15 is 0 Å². The number of benzene rings is 1. The first-order valence-electron chi connectivity index (χ1n) is 4.99. The molecule has 0 spiro atoms. The average molecular weight is 208 g/mol. The van der Waals surface area contributed by atoms with Crippen molar-refractivity contribution in [2.75, 3.05) is 0 Å². The Morgan fingerprint density at radius 2 is 1.93 bits per heavy atom. The summed E-state index contributed by atoms with van der Waals surface area (Å²) in [5, 5.41) is 8.90. The van der Waals surface area contributed by atoms with E-state index in [0.29, 0.717) is 6.61 Å². The molecule has 0 radical (unpaired) electrons. The molecule has 0 unspecified atom stereocenters. The molecule has 1 atom stereocenters. The zero-order valence-corrected chi connectivity index (χ0v) is 9.01. The highest BCUT2D eigenvalue weighted by Crippen LogP contribution is 2.10. The fourth-order valence-electron chi connectivity index (χ4n) is 1.31. The zero-order valence-electron chi connectivity index (χ0n) is 9.01. The summed E-state index contributed by atoms with van der Waals surface area (Å²) in [4.78, 5) is 10.8. The fourth-order valence-corrected chi connectivity index (χ4v) is 1.31. The van der Waals surface area contributed by atoms with Crippen molar-refractivity contribution in [1.29, 1.82) is 0 Å². The molecule has 82 valence electrons. The van der Waals surface area contributed by atoms with Gasteiger partial charge in [-0.15, -0.1) is 0 Å². The van der Waals surface area contributed by atoms with E-state index < -0.39 is 12.1 Å². The van der Waals surface area contributed by atoms with Crippen molar-refractivity contribution in [3.05, 3.63) is 35.9 Å². The number of aliphatic carboxylic acids is 1. The first-order chi connectivity index (χ1) is 7.11. The molecule has 3 heteroatoms. The molecule has 3 nitrogen and oxygen atoms in total. The highest BCUT2D eigenvalue weighted by Gasteiger charge is 2.21. The number of ether oxygens (including phenoxy) is 1. The van der Waals surface area contributed by atoms with Gasteiger partial charge in [-0.25, -0.2) is 4.79 Å². The van der Waals surface area contributed by atoms with Crippen LogP contribution in [0.3, 0.4) is 0 Å². The number of hydrogen-bond acceptors (Lipinski definition) is 2. The van der Waals surface area contributed by atoms with Gasteiger partial charge in [-0.3, -0.25) is 0 Å². The van der Waals surface area contributed by atoms with E-state index in [1.165, 1.54) is 0 Å². The van der Waals surface area contributed by atoms with E-state index in [2.05, 4.69) is 0 Å². The van der Waals surface area contributed by atoms with Gasteiger partial charge in [-0.1, -0.05) is 44.2 Å². The second kappa shape index (κ2) is 5.51. The van der Waals surface area contributed by atoms with Crippen molar-refractivity contribution in [2.45, 2.75) is 26.6 Å². The lowest BCUT2D eigenvalue weighted by Gasteiger charge is -2.16. The van der Waals surface area contributed by atoms with Crippen LogP contribution in [0.2, 0.25) is 0 Å². The van der Waals surface area contributed by atoms with Crippen LogP contribution in [0.25, 0.3) is 0 Å². The Kier molecular flexibility index (Phi) is 4.31. The first kappa shape index (κ1) is 11.7. The molecule has 0 saturated carbocycles. The third-order valence-corrected chi connectivity index (χ3v) is 2.12. The SMILES string of the molecule is CC(C)[C@@H](OCc1ccccc1)C(=O)O. The van der Waals surface area contributed by atoms with Gasteiger partial charge in [-0.2, -0.15) is 0 Å². The summed E-state index contributed by atoms with van der Waals surface area (Å²) in [5.41, 5.74) is 0.990. The van der Waals surface area contributed by atoms with Crippen molar-refractivity contribution >= 4 is 5.97 Å². The van der Waals surface area contributed by atoms with E-state index in [4.69, 9.17) is 9.84 Å². The topological polar surface area (TPSA) is 46.5 Å². The number of hydrogen-bond donors (Lipinski definition) is 1. The van der Waals surface area contributed by atoms with Crippen LogP contribution in [0.1, 0.15) is 19.4 Å². The molecule has 0 heterocycles. The summed E-state index contributed by atoms with van der Waals surface area (Å²) >= 11 is 0. The van der Waals surface area contributed by atoms with Crippen LogP contribution >= 0.6 is 0 Å². The largest absolute Gasteiger partial charge is 0.479 e. The summed E-state index contributed by atoms with van der Waals surface area (Å²) in [6.07, 6.45) is -0.731. The van der Waals surface area contributed by atoms with E-state index in [9.17, 15) is 4.79 Å². The molecule has 1 rings (SSSR count). The zero-order chi connectivity index (χ0) is 11.3. The van der Waals surface area contributed by atoms with Crippen LogP contribution in [-0.4, -0.2) is 17.2 Å². The summed E-state index contributed by atoms with van der Waals surface area (Å²) < 4.78 is 5.35. The standard InChI is InChI=1S/C12H16O3/c1-9(2)11(12(13)14)15-8-10-6-4-3-5-7-10/h3-7,9,11H,8H2,1-2H3,(H,13,14)/t11-/m1/s1. The van der Waals surface area contributed by atoms with Gasteiger partial charge >= 0.3 is 5.97 Å². The fraction of sp³-hybridized carbons (Fsp3) is 0.417. The normalized spacial score (nSPS) is 12.7. The Bertz CT molecular complexity index is 306. The molecule has 0 aromatic heterocycles. The Balaban J connectivity index is 2.51. The van der Waals surface area contributed by atoms with Gasteiger partial charge in [0.25, 0.3) is 0 Å². The van der Waals surface area contributed by atoms with Crippen molar-refractivity contribution in [1.82, 2.24) is 0 Å². The van der Waals surface area contributed by atoms with Crippen LogP contribution in [0.4, 0.5) is 0 Å². The number of carboxylic acid groups (broad SMARTS) is 1. The Labute approximate surface area is 89.7 Å². The van der Waals surface area contributed by atoms with Crippen LogP contribution < -0.4 is 0 Å². The number of rotatable bonds is 5. The molecular formula is C12H16O3. The van der Waals surface area contributed by atoms with Crippen molar-refractivity contribution in [3.63, 3.8) is 0 Å². The molecular weight excluding hydrogens is 192 g/mol. The van der Waals surface area contributed by atoms with Gasteiger partial charge in [0, 0.05) is 0 Å². The van der Waals surface area contributed by atoms with Crippen LogP contribution in [-0.2, 0) is 16.1 Å². The quantitative estimate of drug-likeness (QED) is 0.807. The summed E-state index contributed by atoms with van der Waals surface area (Å²) in [6.45, 7) is 4.02. The number of carboxylic acids is 1. The second-order valence-electron chi connectivity index (χ2n) is 3.80. The molecule has 0 aliphatic heterocycles. The molecule has 1 aromatic carbocycles. The minimum Gasteiger partial charge on any atom is -0.479 e. The molecule has 0 saturated heterocycles. The van der Waals surface area contributed by atoms with E-state index in [1.54, 1.807) is 0 Å². The molecule has 0 aliphatic rings. The second-order valence-corrected chi connectivity index (χ2v) is 3.80. The minimum absolute atomic E-state index is 0.0220. The van der Waals surface area contributed by atoms with Gasteiger partial charge in [-0.05, 0) is 11.5 Å². The maximum Gasteiger partial charge on any atom is 0.333 e. The molecule has 1 N–H and O–H groups in total. The Morgan fingerprint density at radius 1 is 1.33 bits per heavy atom. The van der Waals surface area contributed by atoms with Gasteiger partial charge in [0.1, 0.15) is 0 Å². The van der Waals surface area contributed by atoms with Gasteiger partial charge < -0.3 is 9.84 Å². The third kappa shape index (κ3) is 3.72. The summed E-state index contributed by atoms with van der Waals surface area (Å²) in [5.74, 6) is -0.924. The van der Waals surface area contributed by atoms with Gasteiger partial charge in [0.15, 0.2) is 6.10 Å². The van der Waals surface area contributed by atoms with Crippen LogP contribution in [0.5, 0.6) is 0 Å². The third-order valence-electron chi connectivity index (χ3n) is 2.12. The molecule has 15 heavy (non-hydrogen) atoms. The van der Waals surface area contributed by atoms with Crippen molar-refractivity contribution in [3.8, 4) is 0 Å². The van der Waals surface area contributed by atoms with Crippen LogP contribution in [0, 0.1) is 5.92 Å². The van der Waals surface area contributed by atoms with E-state index in [0.717, 1.165) is 5.56 Å². The van der Waals surface area contributed by atoms with Gasteiger partial charge in [0.05, 0.1) is 6.61 Å². The van der Waals surface area contributed by atoms with E-state index in [1.807, 2.05) is 44.2 Å². The van der Waals surface area contributed by atoms with E-state index in [-0.39, 0.29) is 5.92 Å². The first-order valence-corrected chi connectivity index (χ1v) is 4.99. The molecule has 0 amide bonds. The Hall–Kier alpha value is -1.35. The van der Waals surface area contributed by atoms with Crippen LogP contribution in [0.15, 0.2) is 30.3 Å². The predicted octanol–water partition coefficient (Wildman–Crippen LogP) is 2.31. The lowest BCUT2D eigenvalue weighted by Crippen LogP contribution is -2.29. The highest BCUT2D eigenvalue weighted by molar-refractivity contribution is 5.72. The summed E-state index contributed by atoms with van der Waals surface area (Å²) in [7, 11) is 0. The molecule has 0 fully saturated rings. The lowest BCUT2D eigenvalue weighted by molar-refractivity contribution is -0.154. The molecule has 0 bridgehead atoms. The monoisotopic (exact) mass is 208 g/mol. The smallest absolute Gasteiger partial charge is 0.333 e.